The molecule has 8 heteroatoms. The number of carbonyl (C=O) groups is 2. The summed E-state index contributed by atoms with van der Waals surface area (Å²) in [6.07, 6.45) is 0. The average molecular weight is 378 g/mol. The van der Waals surface area contributed by atoms with Crippen molar-refractivity contribution in [1.82, 2.24) is 4.31 Å². The summed E-state index contributed by atoms with van der Waals surface area (Å²) in [6.45, 7) is 2.65. The maximum atomic E-state index is 13.3. The van der Waals surface area contributed by atoms with Gasteiger partial charge in [-0.3, -0.25) is 9.59 Å². The third-order valence-electron chi connectivity index (χ3n) is 3.81. The minimum Gasteiger partial charge on any atom is -0.325 e. The number of aryl methyl sites for hydroxylation is 1. The molecule has 2 rings (SSSR count). The van der Waals surface area contributed by atoms with Gasteiger partial charge < -0.3 is 5.32 Å². The molecule has 0 fully saturated rings. The number of carbonyl (C=O) groups excluding carboxylic acids is 2. The molecule has 0 bridgehead atoms. The van der Waals surface area contributed by atoms with Gasteiger partial charge in [0.15, 0.2) is 5.78 Å². The summed E-state index contributed by atoms with van der Waals surface area (Å²) in [4.78, 5) is 23.4. The Labute approximate surface area is 151 Å². The lowest BCUT2D eigenvalue weighted by atomic mass is 10.2. The van der Waals surface area contributed by atoms with Gasteiger partial charge in [0.2, 0.25) is 15.9 Å². The number of likely N-dealkylation sites (N-methyl/N-ethyl adjacent to an activating group) is 1. The fourth-order valence-electron chi connectivity index (χ4n) is 2.25. The van der Waals surface area contributed by atoms with E-state index in [0.717, 1.165) is 4.31 Å². The highest BCUT2D eigenvalue weighted by atomic mass is 32.2. The Kier molecular flexibility index (Phi) is 5.89. The van der Waals surface area contributed by atoms with Crippen LogP contribution in [0, 0.1) is 12.7 Å². The van der Waals surface area contributed by atoms with E-state index in [4.69, 9.17) is 0 Å². The lowest BCUT2D eigenvalue weighted by Crippen LogP contribution is -2.35. The van der Waals surface area contributed by atoms with E-state index < -0.39 is 28.3 Å². The lowest BCUT2D eigenvalue weighted by Gasteiger charge is -2.17. The standard InChI is InChI=1S/C18H19FN2O4S/c1-12-4-7-15(19)10-17(12)20-18(23)11-21(3)26(24,25)16-8-5-14(6-9-16)13(2)22/h4-10H,11H2,1-3H3,(H,20,23). The molecule has 0 aliphatic rings. The second-order valence-corrected chi connectivity index (χ2v) is 7.89. The SMILES string of the molecule is CC(=O)c1ccc(S(=O)(=O)N(C)CC(=O)Nc2cc(F)ccc2C)cc1. The van der Waals surface area contributed by atoms with Gasteiger partial charge in [-0.15, -0.1) is 0 Å². The number of anilines is 1. The van der Waals surface area contributed by atoms with Crippen molar-refractivity contribution in [3.8, 4) is 0 Å². The summed E-state index contributed by atoms with van der Waals surface area (Å²) in [5.74, 6) is -1.27. The third-order valence-corrected chi connectivity index (χ3v) is 5.63. The average Bonchev–Trinajstić information content (AvgIpc) is 2.58. The number of nitrogens with zero attached hydrogens (tertiary/aromatic N) is 1. The number of benzene rings is 2. The highest BCUT2D eigenvalue weighted by molar-refractivity contribution is 7.89. The summed E-state index contributed by atoms with van der Waals surface area (Å²) >= 11 is 0. The van der Waals surface area contributed by atoms with Crippen LogP contribution in [-0.4, -0.2) is 38.0 Å². The van der Waals surface area contributed by atoms with Crippen molar-refractivity contribution in [3.05, 3.63) is 59.4 Å². The Hall–Kier alpha value is -2.58. The van der Waals surface area contributed by atoms with Gasteiger partial charge in [0.05, 0.1) is 11.4 Å². The van der Waals surface area contributed by atoms with E-state index in [9.17, 15) is 22.4 Å². The maximum Gasteiger partial charge on any atom is 0.243 e. The van der Waals surface area contributed by atoms with Crippen molar-refractivity contribution >= 4 is 27.4 Å². The Balaban J connectivity index is 2.12. The van der Waals surface area contributed by atoms with Crippen molar-refractivity contribution in [2.24, 2.45) is 0 Å². The molecule has 0 radical (unpaired) electrons. The first-order chi connectivity index (χ1) is 12.1. The van der Waals surface area contributed by atoms with E-state index in [1.54, 1.807) is 6.92 Å². The van der Waals surface area contributed by atoms with Crippen LogP contribution in [0.4, 0.5) is 10.1 Å². The van der Waals surface area contributed by atoms with Crippen LogP contribution in [0.25, 0.3) is 0 Å². The highest BCUT2D eigenvalue weighted by Crippen LogP contribution is 2.18. The van der Waals surface area contributed by atoms with Crippen LogP contribution in [0.5, 0.6) is 0 Å². The number of sulfonamides is 1. The molecule has 1 amide bonds. The molecule has 26 heavy (non-hydrogen) atoms. The highest BCUT2D eigenvalue weighted by Gasteiger charge is 2.23. The largest absolute Gasteiger partial charge is 0.325 e. The summed E-state index contributed by atoms with van der Waals surface area (Å²) in [5.41, 5.74) is 1.34. The molecule has 0 atom stereocenters. The molecule has 2 aromatic rings. The summed E-state index contributed by atoms with van der Waals surface area (Å²) in [7, 11) is -2.63. The molecule has 138 valence electrons. The second-order valence-electron chi connectivity index (χ2n) is 5.85. The zero-order valence-electron chi connectivity index (χ0n) is 14.6. The summed E-state index contributed by atoms with van der Waals surface area (Å²) in [5, 5.41) is 2.50. The van der Waals surface area contributed by atoms with Crippen molar-refractivity contribution in [3.63, 3.8) is 0 Å². The van der Waals surface area contributed by atoms with Crippen LogP contribution in [0.3, 0.4) is 0 Å². The fourth-order valence-corrected chi connectivity index (χ4v) is 3.37. The molecular weight excluding hydrogens is 359 g/mol. The number of Topliss-reactive ketones (excluding diaryl/α,β-unsaturated/α-hetero) is 1. The van der Waals surface area contributed by atoms with Gasteiger partial charge in [0.25, 0.3) is 0 Å². The molecule has 0 aromatic heterocycles. The van der Waals surface area contributed by atoms with Gasteiger partial charge in [-0.05, 0) is 43.7 Å². The van der Waals surface area contributed by atoms with Crippen molar-refractivity contribution in [2.75, 3.05) is 18.9 Å². The predicted molar refractivity (Wildman–Crippen MR) is 96.0 cm³/mol. The first kappa shape index (κ1) is 19.7. The Morgan fingerprint density at radius 1 is 1.12 bits per heavy atom. The molecule has 0 spiro atoms. The van der Waals surface area contributed by atoms with Gasteiger partial charge in [0, 0.05) is 18.3 Å². The third kappa shape index (κ3) is 4.53. The molecule has 0 saturated carbocycles. The van der Waals surface area contributed by atoms with E-state index in [1.165, 1.54) is 56.4 Å². The van der Waals surface area contributed by atoms with E-state index in [2.05, 4.69) is 5.32 Å². The first-order valence-electron chi connectivity index (χ1n) is 7.74. The van der Waals surface area contributed by atoms with E-state index >= 15 is 0 Å². The number of hydrogen-bond acceptors (Lipinski definition) is 4. The predicted octanol–water partition coefficient (Wildman–Crippen LogP) is 2.60. The molecule has 0 aliphatic heterocycles. The number of halogens is 1. The Morgan fingerprint density at radius 2 is 1.73 bits per heavy atom. The molecular formula is C18H19FN2O4S. The number of ketones is 1. The van der Waals surface area contributed by atoms with E-state index in [0.29, 0.717) is 11.1 Å². The molecule has 0 aliphatic carbocycles. The summed E-state index contributed by atoms with van der Waals surface area (Å²) in [6, 6.07) is 9.42. The fraction of sp³-hybridized carbons (Fsp3) is 0.222. The van der Waals surface area contributed by atoms with Crippen molar-refractivity contribution < 1.29 is 22.4 Å². The van der Waals surface area contributed by atoms with Gasteiger partial charge in [-0.25, -0.2) is 12.8 Å². The van der Waals surface area contributed by atoms with Crippen LogP contribution in [-0.2, 0) is 14.8 Å². The normalized spacial score (nSPS) is 11.4. The molecule has 0 heterocycles. The van der Waals surface area contributed by atoms with Crippen molar-refractivity contribution in [2.45, 2.75) is 18.7 Å². The van der Waals surface area contributed by atoms with Crippen LogP contribution in [0.2, 0.25) is 0 Å². The van der Waals surface area contributed by atoms with Crippen LogP contribution >= 0.6 is 0 Å². The monoisotopic (exact) mass is 378 g/mol. The molecule has 0 saturated heterocycles. The molecule has 2 aromatic carbocycles. The Morgan fingerprint density at radius 3 is 2.31 bits per heavy atom. The summed E-state index contributed by atoms with van der Waals surface area (Å²) < 4.78 is 39.2. The number of nitrogens with one attached hydrogen (secondary N) is 1. The second kappa shape index (κ2) is 7.76. The van der Waals surface area contributed by atoms with E-state index in [1.807, 2.05) is 0 Å². The molecule has 6 nitrogen and oxygen atoms in total. The van der Waals surface area contributed by atoms with Crippen LogP contribution < -0.4 is 5.32 Å². The molecule has 0 unspecified atom stereocenters. The smallest absolute Gasteiger partial charge is 0.243 e. The zero-order valence-corrected chi connectivity index (χ0v) is 15.4. The van der Waals surface area contributed by atoms with Gasteiger partial charge in [-0.1, -0.05) is 18.2 Å². The minimum atomic E-state index is -3.90. The maximum absolute atomic E-state index is 13.3. The molecule has 1 N–H and O–H groups in total. The van der Waals surface area contributed by atoms with E-state index in [-0.39, 0.29) is 16.4 Å². The Bertz CT molecular complexity index is 940. The topological polar surface area (TPSA) is 83.6 Å². The van der Waals surface area contributed by atoms with Gasteiger partial charge in [0.1, 0.15) is 5.82 Å². The zero-order chi connectivity index (χ0) is 19.5. The van der Waals surface area contributed by atoms with Crippen molar-refractivity contribution in [1.29, 1.82) is 0 Å². The number of rotatable bonds is 6. The minimum absolute atomic E-state index is 0.0280. The number of amides is 1. The number of hydrogen-bond donors (Lipinski definition) is 1. The van der Waals surface area contributed by atoms with Gasteiger partial charge in [-0.2, -0.15) is 4.31 Å². The lowest BCUT2D eigenvalue weighted by molar-refractivity contribution is -0.116. The van der Waals surface area contributed by atoms with Crippen LogP contribution in [0.15, 0.2) is 47.4 Å². The quantitative estimate of drug-likeness (QED) is 0.783. The first-order valence-corrected chi connectivity index (χ1v) is 9.18. The van der Waals surface area contributed by atoms with Gasteiger partial charge >= 0.3 is 0 Å². The van der Waals surface area contributed by atoms with Crippen LogP contribution in [0.1, 0.15) is 22.8 Å².